The molecule has 138 valence electrons. The molecule has 3 rings (SSSR count). The van der Waals surface area contributed by atoms with Gasteiger partial charge in [0.1, 0.15) is 0 Å². The minimum absolute atomic E-state index is 0.0466. The normalized spacial score (nSPS) is 15.7. The van der Waals surface area contributed by atoms with Crippen molar-refractivity contribution in [3.05, 3.63) is 53.9 Å². The summed E-state index contributed by atoms with van der Waals surface area (Å²) in [7, 11) is 1.71. The van der Waals surface area contributed by atoms with Gasteiger partial charge in [0.15, 0.2) is 5.69 Å². The summed E-state index contributed by atoms with van der Waals surface area (Å²) in [6.45, 7) is 5.36. The molecule has 2 aromatic rings. The summed E-state index contributed by atoms with van der Waals surface area (Å²) >= 11 is 0. The van der Waals surface area contributed by atoms with E-state index in [2.05, 4.69) is 15.2 Å². The molecule has 7 heteroatoms. The number of hydrogen-bond donors (Lipinski definition) is 0. The first kappa shape index (κ1) is 18.3. The van der Waals surface area contributed by atoms with E-state index in [0.717, 1.165) is 31.8 Å². The van der Waals surface area contributed by atoms with E-state index >= 15 is 0 Å². The van der Waals surface area contributed by atoms with Gasteiger partial charge in [-0.05, 0) is 5.56 Å². The Labute approximate surface area is 153 Å². The van der Waals surface area contributed by atoms with Crippen LogP contribution in [0.3, 0.4) is 0 Å². The first-order chi connectivity index (χ1) is 12.8. The fourth-order valence-electron chi connectivity index (χ4n) is 2.90. The molecule has 0 atom stereocenters. The highest BCUT2D eigenvalue weighted by Gasteiger charge is 2.23. The van der Waals surface area contributed by atoms with E-state index in [1.54, 1.807) is 18.0 Å². The number of nitrogens with zero attached hydrogens (tertiary/aromatic N) is 5. The maximum atomic E-state index is 12.6. The van der Waals surface area contributed by atoms with Gasteiger partial charge in [-0.2, -0.15) is 0 Å². The number of benzene rings is 1. The summed E-state index contributed by atoms with van der Waals surface area (Å²) in [6, 6.07) is 10.1. The second-order valence-corrected chi connectivity index (χ2v) is 6.27. The average Bonchev–Trinajstić information content (AvgIpc) is 3.16. The van der Waals surface area contributed by atoms with Gasteiger partial charge < -0.3 is 9.64 Å². The molecule has 1 aromatic heterocycles. The number of ether oxygens (including phenoxy) is 1. The van der Waals surface area contributed by atoms with Crippen LogP contribution in [0.25, 0.3) is 6.08 Å². The highest BCUT2D eigenvalue weighted by Crippen LogP contribution is 2.07. The molecule has 0 bridgehead atoms. The predicted molar refractivity (Wildman–Crippen MR) is 99.7 cm³/mol. The Bertz CT molecular complexity index is 721. The molecule has 0 aliphatic carbocycles. The van der Waals surface area contributed by atoms with Crippen molar-refractivity contribution in [3.63, 3.8) is 0 Å². The van der Waals surface area contributed by atoms with Crippen molar-refractivity contribution in [2.24, 2.45) is 0 Å². The number of rotatable bonds is 7. The SMILES string of the molecule is COCCN1CCN(C(=O)c2cn(C/C=C/c3ccccc3)nn2)CC1. The number of allylic oxidation sites excluding steroid dienone is 1. The molecular formula is C19H25N5O2. The highest BCUT2D eigenvalue weighted by atomic mass is 16.5. The lowest BCUT2D eigenvalue weighted by Gasteiger charge is -2.34. The lowest BCUT2D eigenvalue weighted by atomic mass is 10.2. The minimum Gasteiger partial charge on any atom is -0.383 e. The standard InChI is InChI=1S/C19H25N5O2/c1-26-15-14-22-10-12-23(13-11-22)19(25)18-16-24(21-20-18)9-5-8-17-6-3-2-4-7-17/h2-8,16H,9-15H2,1H3/b8-5+. The second kappa shape index (κ2) is 9.26. The Kier molecular flexibility index (Phi) is 6.51. The van der Waals surface area contributed by atoms with E-state index in [4.69, 9.17) is 4.74 Å². The number of methoxy groups -OCH3 is 1. The third-order valence-corrected chi connectivity index (χ3v) is 4.43. The zero-order valence-corrected chi connectivity index (χ0v) is 15.1. The maximum Gasteiger partial charge on any atom is 0.276 e. The first-order valence-corrected chi connectivity index (χ1v) is 8.88. The summed E-state index contributed by atoms with van der Waals surface area (Å²) in [5, 5.41) is 8.10. The van der Waals surface area contributed by atoms with Gasteiger partial charge in [0.25, 0.3) is 5.91 Å². The number of aromatic nitrogens is 3. The van der Waals surface area contributed by atoms with Crippen LogP contribution in [-0.4, -0.2) is 77.1 Å². The highest BCUT2D eigenvalue weighted by molar-refractivity contribution is 5.92. The molecule has 0 spiro atoms. The van der Waals surface area contributed by atoms with E-state index in [9.17, 15) is 4.79 Å². The van der Waals surface area contributed by atoms with Crippen LogP contribution in [0, 0.1) is 0 Å². The van der Waals surface area contributed by atoms with Gasteiger partial charge in [-0.3, -0.25) is 9.69 Å². The zero-order valence-electron chi connectivity index (χ0n) is 15.1. The molecule has 0 saturated carbocycles. The summed E-state index contributed by atoms with van der Waals surface area (Å²) in [5.41, 5.74) is 1.54. The minimum atomic E-state index is -0.0466. The molecule has 0 unspecified atom stereocenters. The molecule has 1 amide bonds. The summed E-state index contributed by atoms with van der Waals surface area (Å²) < 4.78 is 6.78. The van der Waals surface area contributed by atoms with Crippen LogP contribution in [0.15, 0.2) is 42.6 Å². The Morgan fingerprint density at radius 3 is 2.69 bits per heavy atom. The summed E-state index contributed by atoms with van der Waals surface area (Å²) in [4.78, 5) is 16.7. The lowest BCUT2D eigenvalue weighted by Crippen LogP contribution is -2.49. The van der Waals surface area contributed by atoms with Gasteiger partial charge in [-0.1, -0.05) is 47.7 Å². The fraction of sp³-hybridized carbons (Fsp3) is 0.421. The molecule has 1 saturated heterocycles. The Morgan fingerprint density at radius 2 is 1.96 bits per heavy atom. The van der Waals surface area contributed by atoms with Crippen molar-refractivity contribution in [3.8, 4) is 0 Å². The molecule has 0 radical (unpaired) electrons. The summed E-state index contributed by atoms with van der Waals surface area (Å²) in [6.07, 6.45) is 5.75. The van der Waals surface area contributed by atoms with Crippen molar-refractivity contribution in [1.29, 1.82) is 0 Å². The van der Waals surface area contributed by atoms with Crippen LogP contribution in [-0.2, 0) is 11.3 Å². The lowest BCUT2D eigenvalue weighted by molar-refractivity contribution is 0.0589. The number of amides is 1. The van der Waals surface area contributed by atoms with Crippen LogP contribution >= 0.6 is 0 Å². The molecule has 0 N–H and O–H groups in total. The van der Waals surface area contributed by atoms with Crippen molar-refractivity contribution in [1.82, 2.24) is 24.8 Å². The van der Waals surface area contributed by atoms with Crippen molar-refractivity contribution in [2.45, 2.75) is 6.54 Å². The summed E-state index contributed by atoms with van der Waals surface area (Å²) in [5.74, 6) is -0.0466. The molecule has 2 heterocycles. The molecule has 1 aliphatic rings. The first-order valence-electron chi connectivity index (χ1n) is 8.88. The van der Waals surface area contributed by atoms with Crippen molar-refractivity contribution < 1.29 is 9.53 Å². The van der Waals surface area contributed by atoms with E-state index in [1.807, 2.05) is 47.4 Å². The van der Waals surface area contributed by atoms with Crippen LogP contribution < -0.4 is 0 Å². The number of carbonyl (C=O) groups is 1. The maximum absolute atomic E-state index is 12.6. The van der Waals surface area contributed by atoms with Crippen LogP contribution in [0.5, 0.6) is 0 Å². The molecule has 1 fully saturated rings. The van der Waals surface area contributed by atoms with Gasteiger partial charge >= 0.3 is 0 Å². The Balaban J connectivity index is 1.50. The van der Waals surface area contributed by atoms with Crippen LogP contribution in [0.1, 0.15) is 16.1 Å². The van der Waals surface area contributed by atoms with Crippen LogP contribution in [0.4, 0.5) is 0 Å². The molecular weight excluding hydrogens is 330 g/mol. The largest absolute Gasteiger partial charge is 0.383 e. The van der Waals surface area contributed by atoms with Gasteiger partial charge in [0, 0.05) is 39.8 Å². The van der Waals surface area contributed by atoms with Crippen molar-refractivity contribution >= 4 is 12.0 Å². The third-order valence-electron chi connectivity index (χ3n) is 4.43. The average molecular weight is 355 g/mol. The third kappa shape index (κ3) is 5.00. The van der Waals surface area contributed by atoms with Gasteiger partial charge in [0.2, 0.25) is 0 Å². The molecule has 1 aliphatic heterocycles. The van der Waals surface area contributed by atoms with Gasteiger partial charge in [0.05, 0.1) is 19.3 Å². The number of hydrogen-bond acceptors (Lipinski definition) is 5. The monoisotopic (exact) mass is 355 g/mol. The fourth-order valence-corrected chi connectivity index (χ4v) is 2.90. The zero-order chi connectivity index (χ0) is 18.2. The predicted octanol–water partition coefficient (Wildman–Crippen LogP) is 1.40. The topological polar surface area (TPSA) is 63.5 Å². The van der Waals surface area contributed by atoms with Crippen LogP contribution in [0.2, 0.25) is 0 Å². The quantitative estimate of drug-likeness (QED) is 0.751. The second-order valence-electron chi connectivity index (χ2n) is 6.27. The number of piperazine rings is 1. The van der Waals surface area contributed by atoms with Gasteiger partial charge in [-0.15, -0.1) is 5.10 Å². The molecule has 1 aromatic carbocycles. The molecule has 7 nitrogen and oxygen atoms in total. The van der Waals surface area contributed by atoms with Gasteiger partial charge in [-0.25, -0.2) is 4.68 Å². The Morgan fingerprint density at radius 1 is 1.19 bits per heavy atom. The van der Waals surface area contributed by atoms with Crippen molar-refractivity contribution in [2.75, 3.05) is 46.4 Å². The van der Waals surface area contributed by atoms with E-state index in [-0.39, 0.29) is 5.91 Å². The van der Waals surface area contributed by atoms with E-state index in [0.29, 0.717) is 25.3 Å². The number of carbonyl (C=O) groups excluding carboxylic acids is 1. The smallest absolute Gasteiger partial charge is 0.276 e. The van der Waals surface area contributed by atoms with E-state index < -0.39 is 0 Å². The molecule has 26 heavy (non-hydrogen) atoms. The Hall–Kier alpha value is -2.51. The van der Waals surface area contributed by atoms with E-state index in [1.165, 1.54) is 0 Å².